The lowest BCUT2D eigenvalue weighted by Crippen LogP contribution is -2.32. The lowest BCUT2D eigenvalue weighted by atomic mass is 9.96. The summed E-state index contributed by atoms with van der Waals surface area (Å²) in [6.07, 6.45) is 0. The van der Waals surface area contributed by atoms with Crippen molar-refractivity contribution in [1.29, 1.82) is 0 Å². The van der Waals surface area contributed by atoms with E-state index in [4.69, 9.17) is 0 Å². The van der Waals surface area contributed by atoms with Gasteiger partial charge in [-0.25, -0.2) is 0 Å². The highest BCUT2D eigenvalue weighted by atomic mass is 32.1. The van der Waals surface area contributed by atoms with Crippen molar-refractivity contribution >= 4 is 24.0 Å². The second kappa shape index (κ2) is 5.19. The van der Waals surface area contributed by atoms with Crippen LogP contribution in [0.3, 0.4) is 0 Å². The number of rotatable bonds is 5. The van der Waals surface area contributed by atoms with Crippen molar-refractivity contribution in [3.63, 3.8) is 0 Å². The van der Waals surface area contributed by atoms with E-state index in [0.717, 1.165) is 18.8 Å². The third kappa shape index (κ3) is 4.03. The minimum Gasteiger partial charge on any atom is -0.301 e. The lowest BCUT2D eigenvalue weighted by Gasteiger charge is -2.28. The van der Waals surface area contributed by atoms with E-state index in [-0.39, 0.29) is 0 Å². The van der Waals surface area contributed by atoms with Gasteiger partial charge >= 0.3 is 0 Å². The lowest BCUT2D eigenvalue weighted by molar-refractivity contribution is 0.226. The number of nitrogens with zero attached hydrogens (tertiary/aromatic N) is 1. The van der Waals surface area contributed by atoms with Gasteiger partial charge in [-0.3, -0.25) is 0 Å². The molecule has 0 bridgehead atoms. The molecule has 80 valence electrons. The number of hydrogen-bond donors (Lipinski definition) is 1. The van der Waals surface area contributed by atoms with Gasteiger partial charge in [0.1, 0.15) is 0 Å². The molecule has 1 nitrogen and oxygen atoms in total. The van der Waals surface area contributed by atoms with Gasteiger partial charge < -0.3 is 4.90 Å². The van der Waals surface area contributed by atoms with Crippen molar-refractivity contribution in [2.45, 2.75) is 20.4 Å². The Bertz CT molecular complexity index is 254. The Balaban J connectivity index is 2.40. The summed E-state index contributed by atoms with van der Waals surface area (Å²) in [5.41, 5.74) is 0.301. The van der Waals surface area contributed by atoms with E-state index in [1.165, 1.54) is 4.88 Å². The average Bonchev–Trinajstić information content (AvgIpc) is 2.55. The van der Waals surface area contributed by atoms with Gasteiger partial charge in [0.2, 0.25) is 0 Å². The Hall–Kier alpha value is 0.01000. The monoisotopic (exact) mass is 229 g/mol. The van der Waals surface area contributed by atoms with E-state index >= 15 is 0 Å². The molecule has 0 aromatic carbocycles. The van der Waals surface area contributed by atoms with Gasteiger partial charge in [0.05, 0.1) is 0 Å². The molecule has 0 spiro atoms. The van der Waals surface area contributed by atoms with Crippen molar-refractivity contribution in [2.24, 2.45) is 5.41 Å². The summed E-state index contributed by atoms with van der Waals surface area (Å²) in [4.78, 5) is 3.80. The van der Waals surface area contributed by atoms with Crippen molar-refractivity contribution < 1.29 is 0 Å². The third-order valence-corrected chi connectivity index (χ3v) is 3.85. The smallest absolute Gasteiger partial charge is 0.0325 e. The van der Waals surface area contributed by atoms with Crippen LogP contribution < -0.4 is 0 Å². The SMILES string of the molecule is CN(Cc1cccs1)CC(C)(C)CS. The largest absolute Gasteiger partial charge is 0.301 e. The molecule has 0 fully saturated rings. The number of thiophene rings is 1. The van der Waals surface area contributed by atoms with Crippen molar-refractivity contribution in [3.8, 4) is 0 Å². The molecule has 0 aliphatic heterocycles. The fraction of sp³-hybridized carbons (Fsp3) is 0.636. The van der Waals surface area contributed by atoms with Crippen molar-refractivity contribution in [3.05, 3.63) is 22.4 Å². The highest BCUT2D eigenvalue weighted by Crippen LogP contribution is 2.19. The van der Waals surface area contributed by atoms with Crippen LogP contribution in [0, 0.1) is 5.41 Å². The van der Waals surface area contributed by atoms with Crippen LogP contribution in [0.4, 0.5) is 0 Å². The number of hydrogen-bond acceptors (Lipinski definition) is 3. The predicted molar refractivity (Wildman–Crippen MR) is 68.3 cm³/mol. The zero-order valence-electron chi connectivity index (χ0n) is 9.16. The molecule has 0 atom stereocenters. The second-order valence-corrected chi connectivity index (χ2v) is 5.92. The number of thiol groups is 1. The molecule has 0 radical (unpaired) electrons. The van der Waals surface area contributed by atoms with Crippen LogP contribution in [0.5, 0.6) is 0 Å². The highest BCUT2D eigenvalue weighted by molar-refractivity contribution is 7.80. The van der Waals surface area contributed by atoms with Crippen LogP contribution in [-0.2, 0) is 6.54 Å². The van der Waals surface area contributed by atoms with E-state index in [9.17, 15) is 0 Å². The fourth-order valence-corrected chi connectivity index (χ4v) is 2.39. The molecule has 1 aromatic heterocycles. The first-order valence-electron chi connectivity index (χ1n) is 4.85. The van der Waals surface area contributed by atoms with Crippen molar-refractivity contribution in [1.82, 2.24) is 4.90 Å². The van der Waals surface area contributed by atoms with Gasteiger partial charge in [-0.2, -0.15) is 12.6 Å². The Kier molecular flexibility index (Phi) is 4.48. The molecule has 1 aromatic rings. The zero-order chi connectivity index (χ0) is 10.6. The van der Waals surface area contributed by atoms with Crippen LogP contribution >= 0.6 is 24.0 Å². The Morgan fingerprint density at radius 3 is 2.71 bits per heavy atom. The standard InChI is InChI=1S/C11H19NS2/c1-11(2,9-13)8-12(3)7-10-5-4-6-14-10/h4-6,13H,7-9H2,1-3H3. The summed E-state index contributed by atoms with van der Waals surface area (Å²) in [7, 11) is 2.17. The maximum absolute atomic E-state index is 4.37. The molecule has 0 saturated carbocycles. The minimum atomic E-state index is 0.301. The van der Waals surface area contributed by atoms with Crippen LogP contribution in [0.15, 0.2) is 17.5 Å². The van der Waals surface area contributed by atoms with Gasteiger partial charge in [-0.1, -0.05) is 19.9 Å². The fourth-order valence-electron chi connectivity index (χ4n) is 1.51. The molecule has 0 aliphatic carbocycles. The van der Waals surface area contributed by atoms with Crippen LogP contribution in [0.1, 0.15) is 18.7 Å². The van der Waals surface area contributed by atoms with E-state index in [1.807, 2.05) is 11.3 Å². The van der Waals surface area contributed by atoms with E-state index in [2.05, 4.69) is 55.9 Å². The van der Waals surface area contributed by atoms with E-state index < -0.39 is 0 Å². The topological polar surface area (TPSA) is 3.24 Å². The van der Waals surface area contributed by atoms with Crippen molar-refractivity contribution in [2.75, 3.05) is 19.3 Å². The summed E-state index contributed by atoms with van der Waals surface area (Å²) in [6, 6.07) is 4.30. The van der Waals surface area contributed by atoms with Gasteiger partial charge in [-0.15, -0.1) is 11.3 Å². The minimum absolute atomic E-state index is 0.301. The van der Waals surface area contributed by atoms with Gasteiger partial charge in [0, 0.05) is 18.0 Å². The van der Waals surface area contributed by atoms with Crippen LogP contribution in [0.25, 0.3) is 0 Å². The average molecular weight is 229 g/mol. The molecular formula is C11H19NS2. The quantitative estimate of drug-likeness (QED) is 0.759. The molecule has 0 amide bonds. The van der Waals surface area contributed by atoms with Crippen LogP contribution in [-0.4, -0.2) is 24.2 Å². The van der Waals surface area contributed by atoms with E-state index in [1.54, 1.807) is 0 Å². The summed E-state index contributed by atoms with van der Waals surface area (Å²) in [6.45, 7) is 6.65. The summed E-state index contributed by atoms with van der Waals surface area (Å²) in [5, 5.41) is 2.13. The zero-order valence-corrected chi connectivity index (χ0v) is 10.9. The molecule has 14 heavy (non-hydrogen) atoms. The normalized spacial score (nSPS) is 12.4. The van der Waals surface area contributed by atoms with Gasteiger partial charge in [-0.05, 0) is 29.7 Å². The Morgan fingerprint density at radius 2 is 2.21 bits per heavy atom. The Labute approximate surface area is 96.5 Å². The third-order valence-electron chi connectivity index (χ3n) is 2.13. The second-order valence-electron chi connectivity index (χ2n) is 4.57. The molecule has 0 N–H and O–H groups in total. The molecule has 1 heterocycles. The molecule has 0 aliphatic rings. The first-order chi connectivity index (χ1) is 6.53. The molecule has 0 saturated heterocycles. The molecule has 1 rings (SSSR count). The Morgan fingerprint density at radius 1 is 1.50 bits per heavy atom. The molecule has 3 heteroatoms. The maximum Gasteiger partial charge on any atom is 0.0325 e. The first-order valence-corrected chi connectivity index (χ1v) is 6.36. The molecular weight excluding hydrogens is 210 g/mol. The first kappa shape index (κ1) is 12.1. The summed E-state index contributed by atoms with van der Waals surface area (Å²) >= 11 is 6.19. The van der Waals surface area contributed by atoms with Gasteiger partial charge in [0.15, 0.2) is 0 Å². The molecule has 0 unspecified atom stereocenters. The van der Waals surface area contributed by atoms with Crippen LogP contribution in [0.2, 0.25) is 0 Å². The summed E-state index contributed by atoms with van der Waals surface area (Å²) < 4.78 is 0. The summed E-state index contributed by atoms with van der Waals surface area (Å²) in [5.74, 6) is 0.932. The van der Waals surface area contributed by atoms with E-state index in [0.29, 0.717) is 5.41 Å². The predicted octanol–water partition coefficient (Wildman–Crippen LogP) is 3.14. The maximum atomic E-state index is 4.37. The van der Waals surface area contributed by atoms with Gasteiger partial charge in [0.25, 0.3) is 0 Å². The highest BCUT2D eigenvalue weighted by Gasteiger charge is 2.18.